The predicted octanol–water partition coefficient (Wildman–Crippen LogP) is 1.58. The monoisotopic (exact) mass is 304 g/mol. The zero-order valence-corrected chi connectivity index (χ0v) is 12.5. The molecule has 0 saturated carbocycles. The molecule has 6 heteroatoms. The van der Waals surface area contributed by atoms with E-state index in [1.165, 1.54) is 4.88 Å². The van der Waals surface area contributed by atoms with Crippen LogP contribution in [0.1, 0.15) is 17.7 Å². The van der Waals surface area contributed by atoms with Gasteiger partial charge in [-0.15, -0.1) is 23.7 Å². The van der Waals surface area contributed by atoms with Gasteiger partial charge in [-0.3, -0.25) is 4.79 Å². The fourth-order valence-corrected chi connectivity index (χ4v) is 2.94. The molecule has 4 nitrogen and oxygen atoms in total. The highest BCUT2D eigenvalue weighted by Crippen LogP contribution is 2.29. The second-order valence-corrected chi connectivity index (χ2v) is 5.71. The van der Waals surface area contributed by atoms with Crippen molar-refractivity contribution >= 4 is 29.7 Å². The minimum atomic E-state index is -0.409. The first kappa shape index (κ1) is 16.4. The molecule has 0 spiro atoms. The molecule has 2 rings (SSSR count). The van der Waals surface area contributed by atoms with Crippen molar-refractivity contribution in [3.63, 3.8) is 0 Å². The summed E-state index contributed by atoms with van der Waals surface area (Å²) in [5.74, 6) is 0.0878. The standard InChI is InChI=1S/C13H20N2O2S.ClH/c14-10-13(4-7-17-8-5-13)12(16)15-6-3-11-2-1-9-18-11;/h1-2,9H,3-8,10,14H2,(H,15,16);1H. The Morgan fingerprint density at radius 3 is 2.79 bits per heavy atom. The highest BCUT2D eigenvalue weighted by molar-refractivity contribution is 7.09. The Kier molecular flexibility index (Phi) is 6.79. The number of carbonyl (C=O) groups excluding carboxylic acids is 1. The molecule has 1 aromatic rings. The molecule has 1 fully saturated rings. The third-order valence-corrected chi connectivity index (χ3v) is 4.50. The molecular formula is C13H21ClN2O2S. The number of rotatable bonds is 5. The largest absolute Gasteiger partial charge is 0.381 e. The summed E-state index contributed by atoms with van der Waals surface area (Å²) in [6.45, 7) is 2.36. The highest BCUT2D eigenvalue weighted by Gasteiger charge is 2.38. The van der Waals surface area contributed by atoms with Crippen LogP contribution in [0, 0.1) is 5.41 Å². The first-order chi connectivity index (χ1) is 8.77. The molecular weight excluding hydrogens is 284 g/mol. The molecule has 1 aliphatic rings. The minimum Gasteiger partial charge on any atom is -0.381 e. The van der Waals surface area contributed by atoms with Crippen LogP contribution < -0.4 is 11.1 Å². The molecule has 3 N–H and O–H groups in total. The Labute approximate surface area is 124 Å². The van der Waals surface area contributed by atoms with E-state index < -0.39 is 5.41 Å². The van der Waals surface area contributed by atoms with E-state index >= 15 is 0 Å². The van der Waals surface area contributed by atoms with Gasteiger partial charge in [-0.25, -0.2) is 0 Å². The van der Waals surface area contributed by atoms with E-state index in [1.807, 2.05) is 6.07 Å². The van der Waals surface area contributed by atoms with E-state index in [9.17, 15) is 4.79 Å². The Morgan fingerprint density at radius 2 is 2.21 bits per heavy atom. The summed E-state index contributed by atoms with van der Waals surface area (Å²) in [7, 11) is 0. The van der Waals surface area contributed by atoms with Gasteiger partial charge in [0, 0.05) is 31.2 Å². The molecule has 0 unspecified atom stereocenters. The molecule has 2 heterocycles. The molecule has 1 amide bonds. The van der Waals surface area contributed by atoms with Crippen LogP contribution in [0.25, 0.3) is 0 Å². The Balaban J connectivity index is 0.00000180. The summed E-state index contributed by atoms with van der Waals surface area (Å²) in [5.41, 5.74) is 5.38. The molecule has 1 saturated heterocycles. The normalized spacial score (nSPS) is 17.5. The number of nitrogens with one attached hydrogen (secondary N) is 1. The van der Waals surface area contributed by atoms with Crippen molar-refractivity contribution in [3.8, 4) is 0 Å². The highest BCUT2D eigenvalue weighted by atomic mass is 35.5. The van der Waals surface area contributed by atoms with Gasteiger partial charge in [-0.05, 0) is 30.7 Å². The third-order valence-electron chi connectivity index (χ3n) is 3.56. The van der Waals surface area contributed by atoms with Gasteiger partial charge < -0.3 is 15.8 Å². The summed E-state index contributed by atoms with van der Waals surface area (Å²) in [6, 6.07) is 4.12. The van der Waals surface area contributed by atoms with Crippen molar-refractivity contribution in [2.45, 2.75) is 19.3 Å². The molecule has 108 valence electrons. The molecule has 1 aliphatic heterocycles. The molecule has 0 aliphatic carbocycles. The molecule has 0 atom stereocenters. The molecule has 19 heavy (non-hydrogen) atoms. The van der Waals surface area contributed by atoms with Gasteiger partial charge in [0.15, 0.2) is 0 Å². The maximum absolute atomic E-state index is 12.2. The SMILES string of the molecule is Cl.NCC1(C(=O)NCCc2cccs2)CCOCC1. The zero-order valence-electron chi connectivity index (χ0n) is 10.9. The van der Waals surface area contributed by atoms with Crippen LogP contribution in [0.3, 0.4) is 0 Å². The van der Waals surface area contributed by atoms with Crippen LogP contribution in [0.4, 0.5) is 0 Å². The lowest BCUT2D eigenvalue weighted by Gasteiger charge is -2.34. The minimum absolute atomic E-state index is 0. The number of nitrogens with two attached hydrogens (primary N) is 1. The first-order valence-corrected chi connectivity index (χ1v) is 7.23. The fraction of sp³-hybridized carbons (Fsp3) is 0.615. The third kappa shape index (κ3) is 4.18. The van der Waals surface area contributed by atoms with Crippen LogP contribution in [0.2, 0.25) is 0 Å². The Bertz CT molecular complexity index is 378. The van der Waals surface area contributed by atoms with Gasteiger partial charge in [0.1, 0.15) is 0 Å². The van der Waals surface area contributed by atoms with Crippen LogP contribution in [0.15, 0.2) is 17.5 Å². The van der Waals surface area contributed by atoms with Gasteiger partial charge >= 0.3 is 0 Å². The summed E-state index contributed by atoms with van der Waals surface area (Å²) in [4.78, 5) is 13.5. The van der Waals surface area contributed by atoms with E-state index in [2.05, 4.69) is 16.8 Å². The van der Waals surface area contributed by atoms with Crippen molar-refractivity contribution in [1.82, 2.24) is 5.32 Å². The summed E-state index contributed by atoms with van der Waals surface area (Å²) < 4.78 is 5.31. The van der Waals surface area contributed by atoms with Gasteiger partial charge in [0.2, 0.25) is 5.91 Å². The van der Waals surface area contributed by atoms with E-state index in [-0.39, 0.29) is 18.3 Å². The number of hydrogen-bond donors (Lipinski definition) is 2. The van der Waals surface area contributed by atoms with Crippen LogP contribution in [0.5, 0.6) is 0 Å². The number of ether oxygens (including phenoxy) is 1. The average Bonchev–Trinajstić information content (AvgIpc) is 2.92. The summed E-state index contributed by atoms with van der Waals surface area (Å²) in [5, 5.41) is 5.07. The van der Waals surface area contributed by atoms with Crippen molar-refractivity contribution in [2.75, 3.05) is 26.3 Å². The number of amides is 1. The number of carbonyl (C=O) groups is 1. The lowest BCUT2D eigenvalue weighted by Crippen LogP contribution is -2.49. The van der Waals surface area contributed by atoms with Crippen LogP contribution in [-0.2, 0) is 16.0 Å². The van der Waals surface area contributed by atoms with E-state index in [0.717, 1.165) is 19.3 Å². The van der Waals surface area contributed by atoms with E-state index in [0.29, 0.717) is 26.3 Å². The Hall–Kier alpha value is -0.620. The Morgan fingerprint density at radius 1 is 1.47 bits per heavy atom. The lowest BCUT2D eigenvalue weighted by molar-refractivity contribution is -0.135. The fourth-order valence-electron chi connectivity index (χ4n) is 2.23. The number of hydrogen-bond acceptors (Lipinski definition) is 4. The van der Waals surface area contributed by atoms with E-state index in [4.69, 9.17) is 10.5 Å². The van der Waals surface area contributed by atoms with Crippen LogP contribution >= 0.6 is 23.7 Å². The summed E-state index contributed by atoms with van der Waals surface area (Å²) in [6.07, 6.45) is 2.35. The molecule has 0 aromatic carbocycles. The van der Waals surface area contributed by atoms with Crippen LogP contribution in [-0.4, -0.2) is 32.2 Å². The smallest absolute Gasteiger partial charge is 0.227 e. The second kappa shape index (κ2) is 7.85. The van der Waals surface area contributed by atoms with Crippen molar-refractivity contribution in [2.24, 2.45) is 11.1 Å². The maximum atomic E-state index is 12.2. The number of halogens is 1. The maximum Gasteiger partial charge on any atom is 0.227 e. The topological polar surface area (TPSA) is 64.4 Å². The van der Waals surface area contributed by atoms with Crippen molar-refractivity contribution < 1.29 is 9.53 Å². The second-order valence-electron chi connectivity index (χ2n) is 4.68. The first-order valence-electron chi connectivity index (χ1n) is 6.35. The van der Waals surface area contributed by atoms with Crippen molar-refractivity contribution in [3.05, 3.63) is 22.4 Å². The van der Waals surface area contributed by atoms with Gasteiger partial charge in [-0.1, -0.05) is 6.07 Å². The average molecular weight is 305 g/mol. The lowest BCUT2D eigenvalue weighted by atomic mass is 9.79. The molecule has 1 aromatic heterocycles. The van der Waals surface area contributed by atoms with E-state index in [1.54, 1.807) is 11.3 Å². The molecule has 0 radical (unpaired) electrons. The van der Waals surface area contributed by atoms with Gasteiger partial charge in [0.25, 0.3) is 0 Å². The summed E-state index contributed by atoms with van der Waals surface area (Å²) >= 11 is 1.72. The van der Waals surface area contributed by atoms with Gasteiger partial charge in [0.05, 0.1) is 5.41 Å². The quantitative estimate of drug-likeness (QED) is 0.868. The molecule has 0 bridgehead atoms. The number of thiophene rings is 1. The van der Waals surface area contributed by atoms with Crippen molar-refractivity contribution in [1.29, 1.82) is 0 Å². The predicted molar refractivity (Wildman–Crippen MR) is 79.8 cm³/mol. The zero-order chi connectivity index (χ0) is 12.8. The van der Waals surface area contributed by atoms with Gasteiger partial charge in [-0.2, -0.15) is 0 Å².